The zero-order chi connectivity index (χ0) is 6.53. The molecule has 1 aliphatic rings. The van der Waals surface area contributed by atoms with Crippen molar-refractivity contribution >= 4 is 11.8 Å². The Bertz CT molecular complexity index is 66.6. The van der Waals surface area contributed by atoms with Crippen molar-refractivity contribution in [2.24, 2.45) is 5.92 Å². The highest BCUT2D eigenvalue weighted by atomic mass is 32.2. The summed E-state index contributed by atoms with van der Waals surface area (Å²) in [7, 11) is 0. The third-order valence-electron chi connectivity index (χ3n) is 1.69. The highest BCUT2D eigenvalue weighted by Crippen LogP contribution is 2.18. The fourth-order valence-electron chi connectivity index (χ4n) is 1.08. The number of hydrogen-bond acceptors (Lipinski definition) is 2. The predicted octanol–water partition coefficient (Wildman–Crippen LogP) is 1.94. The molecule has 0 bridgehead atoms. The number of rotatable bonds is 2. The van der Waals surface area contributed by atoms with Gasteiger partial charge < -0.3 is 4.74 Å². The molecular weight excluding hydrogens is 132 g/mol. The molecule has 0 aliphatic carbocycles. The Morgan fingerprint density at radius 1 is 1.44 bits per heavy atom. The zero-order valence-electron chi connectivity index (χ0n) is 5.64. The van der Waals surface area contributed by atoms with Crippen LogP contribution in [-0.4, -0.2) is 19.0 Å². The third kappa shape index (κ3) is 2.59. The molecule has 0 saturated carbocycles. The average Bonchev–Trinajstić information content (AvgIpc) is 1.91. The lowest BCUT2D eigenvalue weighted by atomic mass is 10.0. The van der Waals surface area contributed by atoms with Gasteiger partial charge >= 0.3 is 0 Å². The minimum absolute atomic E-state index is 0.876. The van der Waals surface area contributed by atoms with Crippen molar-refractivity contribution in [3.8, 4) is 0 Å². The highest BCUT2D eigenvalue weighted by molar-refractivity contribution is 8.00. The maximum absolute atomic E-state index is 5.22. The predicted molar refractivity (Wildman–Crippen MR) is 41.4 cm³/mol. The Labute approximate surface area is 61.2 Å². The summed E-state index contributed by atoms with van der Waals surface area (Å²) in [6.45, 7) is 1.93. The Balaban J connectivity index is 2.08. The summed E-state index contributed by atoms with van der Waals surface area (Å²) in [4.78, 5) is 0. The van der Waals surface area contributed by atoms with Crippen LogP contribution in [-0.2, 0) is 4.74 Å². The molecule has 0 spiro atoms. The summed E-state index contributed by atoms with van der Waals surface area (Å²) >= 11 is 1.70. The van der Waals surface area contributed by atoms with Crippen molar-refractivity contribution in [1.29, 1.82) is 0 Å². The summed E-state index contributed by atoms with van der Waals surface area (Å²) in [5.41, 5.74) is 0. The molecular formula is C7H13OS. The highest BCUT2D eigenvalue weighted by Gasteiger charge is 2.11. The van der Waals surface area contributed by atoms with Crippen molar-refractivity contribution in [3.63, 3.8) is 0 Å². The molecule has 1 aliphatic heterocycles. The maximum Gasteiger partial charge on any atom is 0.0468 e. The number of thioether (sulfide) groups is 1. The zero-order valence-corrected chi connectivity index (χ0v) is 6.45. The second kappa shape index (κ2) is 4.18. The lowest BCUT2D eigenvalue weighted by Crippen LogP contribution is -2.16. The monoisotopic (exact) mass is 145 g/mol. The van der Waals surface area contributed by atoms with Gasteiger partial charge in [-0.15, -0.1) is 0 Å². The van der Waals surface area contributed by atoms with Crippen LogP contribution in [0.3, 0.4) is 0 Å². The average molecular weight is 145 g/mol. The molecule has 1 saturated heterocycles. The summed E-state index contributed by atoms with van der Waals surface area (Å²) in [6, 6.07) is 0. The molecule has 1 radical (unpaired) electrons. The van der Waals surface area contributed by atoms with Gasteiger partial charge in [0.1, 0.15) is 0 Å². The topological polar surface area (TPSA) is 9.23 Å². The van der Waals surface area contributed by atoms with Gasteiger partial charge in [0, 0.05) is 19.5 Å². The molecule has 1 heterocycles. The van der Waals surface area contributed by atoms with Crippen LogP contribution < -0.4 is 0 Å². The van der Waals surface area contributed by atoms with Gasteiger partial charge in [-0.25, -0.2) is 0 Å². The van der Waals surface area contributed by atoms with Crippen molar-refractivity contribution < 1.29 is 4.74 Å². The molecule has 9 heavy (non-hydrogen) atoms. The van der Waals surface area contributed by atoms with E-state index in [-0.39, 0.29) is 0 Å². The Kier molecular flexibility index (Phi) is 3.44. The van der Waals surface area contributed by atoms with E-state index in [2.05, 4.69) is 6.26 Å². The van der Waals surface area contributed by atoms with E-state index in [1.807, 2.05) is 0 Å². The second-order valence-electron chi connectivity index (χ2n) is 2.43. The van der Waals surface area contributed by atoms with E-state index in [0.29, 0.717) is 0 Å². The first-order chi connectivity index (χ1) is 4.43. The normalized spacial score (nSPS) is 22.3. The largest absolute Gasteiger partial charge is 0.381 e. The van der Waals surface area contributed by atoms with Gasteiger partial charge in [0.05, 0.1) is 0 Å². The van der Waals surface area contributed by atoms with Gasteiger partial charge in [0.15, 0.2) is 0 Å². The summed E-state index contributed by atoms with van der Waals surface area (Å²) in [6.07, 6.45) is 6.23. The molecule has 2 heteroatoms. The summed E-state index contributed by atoms with van der Waals surface area (Å²) in [5.74, 6) is 2.09. The van der Waals surface area contributed by atoms with Crippen molar-refractivity contribution in [2.75, 3.05) is 19.0 Å². The van der Waals surface area contributed by atoms with Crippen LogP contribution in [0.15, 0.2) is 0 Å². The quantitative estimate of drug-likeness (QED) is 0.587. The van der Waals surface area contributed by atoms with Crippen LogP contribution in [0.1, 0.15) is 12.8 Å². The summed E-state index contributed by atoms with van der Waals surface area (Å²) < 4.78 is 5.22. The van der Waals surface area contributed by atoms with Crippen molar-refractivity contribution in [2.45, 2.75) is 12.8 Å². The van der Waals surface area contributed by atoms with Crippen LogP contribution in [0.5, 0.6) is 0 Å². The minimum atomic E-state index is 0.876. The molecule has 0 aromatic rings. The van der Waals surface area contributed by atoms with Gasteiger partial charge in [-0.05, 0) is 24.5 Å². The first kappa shape index (κ1) is 7.42. The van der Waals surface area contributed by atoms with E-state index in [4.69, 9.17) is 4.74 Å². The molecule has 1 rings (SSSR count). The fraction of sp³-hybridized carbons (Fsp3) is 0.857. The van der Waals surface area contributed by atoms with Gasteiger partial charge in [-0.3, -0.25) is 0 Å². The third-order valence-corrected chi connectivity index (χ3v) is 2.40. The minimum Gasteiger partial charge on any atom is -0.381 e. The molecule has 0 aromatic carbocycles. The molecule has 0 atom stereocenters. The first-order valence-electron chi connectivity index (χ1n) is 3.38. The lowest BCUT2D eigenvalue weighted by Gasteiger charge is -2.20. The Hall–Kier alpha value is 0.310. The van der Waals surface area contributed by atoms with Crippen LogP contribution >= 0.6 is 11.8 Å². The van der Waals surface area contributed by atoms with E-state index in [9.17, 15) is 0 Å². The fourth-order valence-corrected chi connectivity index (χ4v) is 1.75. The summed E-state index contributed by atoms with van der Waals surface area (Å²) in [5, 5.41) is 0. The Morgan fingerprint density at radius 2 is 2.11 bits per heavy atom. The first-order valence-corrected chi connectivity index (χ1v) is 4.53. The molecule has 0 aromatic heterocycles. The molecule has 1 nitrogen and oxygen atoms in total. The van der Waals surface area contributed by atoms with Crippen LogP contribution in [0.4, 0.5) is 0 Å². The van der Waals surface area contributed by atoms with Gasteiger partial charge in [0.25, 0.3) is 0 Å². The van der Waals surface area contributed by atoms with E-state index >= 15 is 0 Å². The van der Waals surface area contributed by atoms with E-state index in [1.54, 1.807) is 11.8 Å². The molecule has 0 N–H and O–H groups in total. The molecule has 53 valence electrons. The van der Waals surface area contributed by atoms with Crippen LogP contribution in [0.25, 0.3) is 0 Å². The van der Waals surface area contributed by atoms with E-state index in [1.165, 1.54) is 18.6 Å². The van der Waals surface area contributed by atoms with E-state index < -0.39 is 0 Å². The SMILES string of the molecule is [CH2]SCC1CCOCC1. The van der Waals surface area contributed by atoms with Crippen LogP contribution in [0.2, 0.25) is 0 Å². The molecule has 0 unspecified atom stereocenters. The Morgan fingerprint density at radius 3 is 2.67 bits per heavy atom. The second-order valence-corrected chi connectivity index (χ2v) is 3.17. The molecule has 0 amide bonds. The standard InChI is InChI=1S/C7H13OS/c1-9-6-7-2-4-8-5-3-7/h7H,1-6H2. The van der Waals surface area contributed by atoms with E-state index in [0.717, 1.165) is 19.1 Å². The molecule has 1 fully saturated rings. The van der Waals surface area contributed by atoms with Crippen LogP contribution in [0, 0.1) is 12.2 Å². The lowest BCUT2D eigenvalue weighted by molar-refractivity contribution is 0.0728. The smallest absolute Gasteiger partial charge is 0.0468 e. The number of hydrogen-bond donors (Lipinski definition) is 0. The number of ether oxygens (including phenoxy) is 1. The van der Waals surface area contributed by atoms with Crippen molar-refractivity contribution in [3.05, 3.63) is 6.26 Å². The van der Waals surface area contributed by atoms with Gasteiger partial charge in [-0.1, -0.05) is 0 Å². The van der Waals surface area contributed by atoms with Crippen molar-refractivity contribution in [1.82, 2.24) is 0 Å². The van der Waals surface area contributed by atoms with Gasteiger partial charge in [-0.2, -0.15) is 11.8 Å². The van der Waals surface area contributed by atoms with Gasteiger partial charge in [0.2, 0.25) is 0 Å². The maximum atomic E-state index is 5.22.